The van der Waals surface area contributed by atoms with Crippen LogP contribution in [0.2, 0.25) is 0 Å². The number of anilines is 1. The van der Waals surface area contributed by atoms with Crippen molar-refractivity contribution < 1.29 is 14.3 Å². The monoisotopic (exact) mass is 277 g/mol. The number of carbonyl (C=O) groups is 2. The molecule has 108 valence electrons. The molecule has 1 aliphatic heterocycles. The van der Waals surface area contributed by atoms with E-state index >= 15 is 0 Å². The van der Waals surface area contributed by atoms with Crippen molar-refractivity contribution in [1.82, 2.24) is 10.2 Å². The summed E-state index contributed by atoms with van der Waals surface area (Å²) in [6, 6.07) is 7.22. The summed E-state index contributed by atoms with van der Waals surface area (Å²) in [5, 5.41) is 2.80. The number of hydrogen-bond donors (Lipinski definition) is 1. The van der Waals surface area contributed by atoms with Gasteiger partial charge in [0, 0.05) is 13.1 Å². The molecule has 0 bridgehead atoms. The first-order valence-corrected chi connectivity index (χ1v) is 6.51. The van der Waals surface area contributed by atoms with Gasteiger partial charge < -0.3 is 15.0 Å². The summed E-state index contributed by atoms with van der Waals surface area (Å²) in [5.41, 5.74) is 0.645. The highest BCUT2D eigenvalue weighted by atomic mass is 16.5. The highest BCUT2D eigenvalue weighted by Crippen LogP contribution is 2.30. The molecule has 0 atom stereocenters. The Morgan fingerprint density at radius 3 is 2.90 bits per heavy atom. The summed E-state index contributed by atoms with van der Waals surface area (Å²) in [5.74, 6) is 0.261. The fraction of sp³-hybridized carbons (Fsp3) is 0.429. The molecule has 0 spiro atoms. The summed E-state index contributed by atoms with van der Waals surface area (Å²) in [4.78, 5) is 27.2. The van der Waals surface area contributed by atoms with E-state index in [9.17, 15) is 9.59 Å². The van der Waals surface area contributed by atoms with Crippen LogP contribution in [0.5, 0.6) is 5.75 Å². The van der Waals surface area contributed by atoms with Crippen molar-refractivity contribution in [1.29, 1.82) is 0 Å². The van der Waals surface area contributed by atoms with Gasteiger partial charge in [0.25, 0.3) is 5.91 Å². The third-order valence-corrected chi connectivity index (χ3v) is 2.99. The standard InChI is InChI=1S/C14H19N3O3/c1-16(2)8-7-15-13(18)9-17-11-5-3-4-6-12(11)20-10-14(17)19/h3-6H,7-10H2,1-2H3,(H,15,18). The van der Waals surface area contributed by atoms with E-state index in [1.54, 1.807) is 12.1 Å². The predicted molar refractivity (Wildman–Crippen MR) is 75.9 cm³/mol. The number of likely N-dealkylation sites (N-methyl/N-ethyl adjacent to an activating group) is 1. The van der Waals surface area contributed by atoms with Crippen LogP contribution in [0.4, 0.5) is 5.69 Å². The van der Waals surface area contributed by atoms with E-state index in [1.807, 2.05) is 31.1 Å². The minimum atomic E-state index is -0.202. The second kappa shape index (κ2) is 6.38. The van der Waals surface area contributed by atoms with Gasteiger partial charge in [-0.25, -0.2) is 0 Å². The van der Waals surface area contributed by atoms with Gasteiger partial charge in [0.1, 0.15) is 12.3 Å². The summed E-state index contributed by atoms with van der Waals surface area (Å²) in [6.45, 7) is 1.32. The van der Waals surface area contributed by atoms with E-state index in [0.717, 1.165) is 6.54 Å². The van der Waals surface area contributed by atoms with Gasteiger partial charge >= 0.3 is 0 Å². The second-order valence-corrected chi connectivity index (χ2v) is 4.89. The number of nitrogens with one attached hydrogen (secondary N) is 1. The SMILES string of the molecule is CN(C)CCNC(=O)CN1C(=O)COc2ccccc21. The molecule has 0 saturated heterocycles. The summed E-state index contributed by atoms with van der Waals surface area (Å²) < 4.78 is 5.33. The van der Waals surface area contributed by atoms with Gasteiger partial charge in [-0.15, -0.1) is 0 Å². The van der Waals surface area contributed by atoms with E-state index in [0.29, 0.717) is 18.0 Å². The lowest BCUT2D eigenvalue weighted by Crippen LogP contribution is -2.46. The molecule has 0 aliphatic carbocycles. The normalized spacial score (nSPS) is 13.9. The van der Waals surface area contributed by atoms with E-state index < -0.39 is 0 Å². The van der Waals surface area contributed by atoms with E-state index in [2.05, 4.69) is 5.32 Å². The molecule has 0 saturated carbocycles. The number of carbonyl (C=O) groups excluding carboxylic acids is 2. The molecule has 0 unspecified atom stereocenters. The topological polar surface area (TPSA) is 61.9 Å². The van der Waals surface area contributed by atoms with Crippen LogP contribution in [-0.2, 0) is 9.59 Å². The van der Waals surface area contributed by atoms with Crippen LogP contribution < -0.4 is 15.0 Å². The first kappa shape index (κ1) is 14.3. The lowest BCUT2D eigenvalue weighted by atomic mass is 10.2. The number of ether oxygens (including phenoxy) is 1. The fourth-order valence-electron chi connectivity index (χ4n) is 1.95. The summed E-state index contributed by atoms with van der Waals surface area (Å²) in [6.07, 6.45) is 0. The van der Waals surface area contributed by atoms with E-state index in [4.69, 9.17) is 4.74 Å². The minimum absolute atomic E-state index is 0.0205. The molecule has 2 rings (SSSR count). The first-order chi connectivity index (χ1) is 9.58. The maximum atomic E-state index is 11.9. The van der Waals surface area contributed by atoms with Crippen LogP contribution in [0.3, 0.4) is 0 Å². The minimum Gasteiger partial charge on any atom is -0.482 e. The van der Waals surface area contributed by atoms with Gasteiger partial charge in [0.2, 0.25) is 5.91 Å². The highest BCUT2D eigenvalue weighted by Gasteiger charge is 2.26. The molecule has 1 heterocycles. The third-order valence-electron chi connectivity index (χ3n) is 2.99. The van der Waals surface area contributed by atoms with Gasteiger partial charge in [-0.1, -0.05) is 12.1 Å². The van der Waals surface area contributed by atoms with Crippen LogP contribution in [-0.4, -0.2) is 57.1 Å². The number of rotatable bonds is 5. The molecule has 1 aliphatic rings. The lowest BCUT2D eigenvalue weighted by molar-refractivity contribution is -0.125. The second-order valence-electron chi connectivity index (χ2n) is 4.89. The Labute approximate surface area is 118 Å². The molecular weight excluding hydrogens is 258 g/mol. The van der Waals surface area contributed by atoms with Gasteiger partial charge in [-0.3, -0.25) is 14.5 Å². The molecule has 0 aromatic heterocycles. The van der Waals surface area contributed by atoms with Crippen LogP contribution in [0.15, 0.2) is 24.3 Å². The van der Waals surface area contributed by atoms with Gasteiger partial charge in [0.15, 0.2) is 6.61 Å². The average molecular weight is 277 g/mol. The Bertz CT molecular complexity index is 502. The Morgan fingerprint density at radius 2 is 2.15 bits per heavy atom. The van der Waals surface area contributed by atoms with Crippen LogP contribution in [0.1, 0.15) is 0 Å². The smallest absolute Gasteiger partial charge is 0.265 e. The van der Waals surface area contributed by atoms with Crippen molar-refractivity contribution in [3.63, 3.8) is 0 Å². The van der Waals surface area contributed by atoms with Gasteiger partial charge in [-0.2, -0.15) is 0 Å². The van der Waals surface area contributed by atoms with Crippen LogP contribution in [0, 0.1) is 0 Å². The van der Waals surface area contributed by atoms with E-state index in [-0.39, 0.29) is 25.0 Å². The van der Waals surface area contributed by atoms with Crippen molar-refractivity contribution in [3.8, 4) is 5.75 Å². The van der Waals surface area contributed by atoms with Crippen LogP contribution in [0.25, 0.3) is 0 Å². The molecular formula is C14H19N3O3. The largest absolute Gasteiger partial charge is 0.482 e. The zero-order valence-corrected chi connectivity index (χ0v) is 11.8. The molecule has 6 heteroatoms. The molecule has 1 N–H and O–H groups in total. The van der Waals surface area contributed by atoms with Crippen LogP contribution >= 0.6 is 0 Å². The summed E-state index contributed by atoms with van der Waals surface area (Å²) >= 11 is 0. The number of benzene rings is 1. The Hall–Kier alpha value is -2.08. The van der Waals surface area contributed by atoms with Crippen molar-refractivity contribution in [3.05, 3.63) is 24.3 Å². The molecule has 2 amide bonds. The maximum absolute atomic E-state index is 11.9. The predicted octanol–water partition coefficient (Wildman–Crippen LogP) is 0.0898. The van der Waals surface area contributed by atoms with E-state index in [1.165, 1.54) is 4.90 Å². The van der Waals surface area contributed by atoms with Crippen molar-refractivity contribution >= 4 is 17.5 Å². The number of amides is 2. The zero-order chi connectivity index (χ0) is 14.5. The molecule has 1 aromatic rings. The Balaban J connectivity index is 1.98. The summed E-state index contributed by atoms with van der Waals surface area (Å²) in [7, 11) is 3.88. The Morgan fingerprint density at radius 1 is 1.40 bits per heavy atom. The lowest BCUT2D eigenvalue weighted by Gasteiger charge is -2.28. The fourth-order valence-corrected chi connectivity index (χ4v) is 1.95. The maximum Gasteiger partial charge on any atom is 0.265 e. The van der Waals surface area contributed by atoms with Crippen molar-refractivity contribution in [2.45, 2.75) is 0 Å². The molecule has 0 radical (unpaired) electrons. The zero-order valence-electron chi connectivity index (χ0n) is 11.8. The van der Waals surface area contributed by atoms with Crippen molar-refractivity contribution in [2.75, 3.05) is 45.2 Å². The van der Waals surface area contributed by atoms with Crippen molar-refractivity contribution in [2.24, 2.45) is 0 Å². The molecule has 20 heavy (non-hydrogen) atoms. The third kappa shape index (κ3) is 3.48. The molecule has 6 nitrogen and oxygen atoms in total. The number of nitrogens with zero attached hydrogens (tertiary/aromatic N) is 2. The highest BCUT2D eigenvalue weighted by molar-refractivity contribution is 6.02. The van der Waals surface area contributed by atoms with Gasteiger partial charge in [0.05, 0.1) is 5.69 Å². The average Bonchev–Trinajstić information content (AvgIpc) is 2.41. The number of fused-ring (bicyclic) bond motifs is 1. The molecule has 1 aromatic carbocycles. The Kier molecular flexibility index (Phi) is 4.57. The molecule has 0 fully saturated rings. The quantitative estimate of drug-likeness (QED) is 0.828. The first-order valence-electron chi connectivity index (χ1n) is 6.51. The number of para-hydroxylation sites is 2. The van der Waals surface area contributed by atoms with Gasteiger partial charge in [-0.05, 0) is 26.2 Å². The number of hydrogen-bond acceptors (Lipinski definition) is 4.